The molecule has 0 aromatic heterocycles. The first-order chi connectivity index (χ1) is 6.27. The Kier molecular flexibility index (Phi) is 2.38. The average Bonchev–Trinajstić information content (AvgIpc) is 2.60. The van der Waals surface area contributed by atoms with E-state index in [1.165, 1.54) is 37.7 Å². The fourth-order valence-electron chi connectivity index (χ4n) is 2.75. The lowest BCUT2D eigenvalue weighted by molar-refractivity contribution is -0.136. The van der Waals surface area contributed by atoms with E-state index in [1.54, 1.807) is 5.57 Å². The fourth-order valence-corrected chi connectivity index (χ4v) is 2.75. The maximum Gasteiger partial charge on any atom is 0.303 e. The minimum atomic E-state index is -0.658. The van der Waals surface area contributed by atoms with Crippen LogP contribution in [0.4, 0.5) is 0 Å². The molecule has 0 spiro atoms. The predicted octanol–water partition coefficient (Wildman–Crippen LogP) is 2.74. The largest absolute Gasteiger partial charge is 0.481 e. The highest BCUT2D eigenvalue weighted by Crippen LogP contribution is 2.44. The molecule has 0 saturated heterocycles. The van der Waals surface area contributed by atoms with Crippen LogP contribution in [0.5, 0.6) is 0 Å². The van der Waals surface area contributed by atoms with Gasteiger partial charge in [-0.25, -0.2) is 0 Å². The van der Waals surface area contributed by atoms with Crippen LogP contribution in [0.25, 0.3) is 0 Å². The van der Waals surface area contributed by atoms with E-state index in [0.29, 0.717) is 6.42 Å². The van der Waals surface area contributed by atoms with Crippen molar-refractivity contribution in [3.8, 4) is 0 Å². The molecule has 0 heterocycles. The van der Waals surface area contributed by atoms with Gasteiger partial charge in [-0.3, -0.25) is 4.79 Å². The second kappa shape index (κ2) is 3.52. The second-order valence-electron chi connectivity index (χ2n) is 4.15. The van der Waals surface area contributed by atoms with Crippen LogP contribution < -0.4 is 0 Å². The molecule has 0 radical (unpaired) electrons. The summed E-state index contributed by atoms with van der Waals surface area (Å²) in [4.78, 5) is 10.4. The fraction of sp³-hybridized carbons (Fsp3) is 0.727. The van der Waals surface area contributed by atoms with E-state index < -0.39 is 5.97 Å². The molecule has 13 heavy (non-hydrogen) atoms. The summed E-state index contributed by atoms with van der Waals surface area (Å²) >= 11 is 0. The first kappa shape index (κ1) is 8.79. The molecular formula is C11H16O2. The van der Waals surface area contributed by atoms with Crippen LogP contribution in [-0.2, 0) is 4.79 Å². The third-order valence-electron chi connectivity index (χ3n) is 3.38. The van der Waals surface area contributed by atoms with Crippen molar-refractivity contribution in [2.24, 2.45) is 5.92 Å². The molecule has 2 heteroatoms. The van der Waals surface area contributed by atoms with E-state index >= 15 is 0 Å². The summed E-state index contributed by atoms with van der Waals surface area (Å²) in [6, 6.07) is 0. The first-order valence-corrected chi connectivity index (χ1v) is 5.20. The molecule has 1 atom stereocenters. The molecular weight excluding hydrogens is 164 g/mol. The zero-order valence-electron chi connectivity index (χ0n) is 7.88. The quantitative estimate of drug-likeness (QED) is 0.678. The van der Waals surface area contributed by atoms with Crippen molar-refractivity contribution in [3.63, 3.8) is 0 Å². The van der Waals surface area contributed by atoms with Crippen LogP contribution in [0.3, 0.4) is 0 Å². The smallest absolute Gasteiger partial charge is 0.303 e. The second-order valence-corrected chi connectivity index (χ2v) is 4.15. The van der Waals surface area contributed by atoms with Crippen molar-refractivity contribution in [1.82, 2.24) is 0 Å². The lowest BCUT2D eigenvalue weighted by Gasteiger charge is -2.03. The Hall–Kier alpha value is -0.790. The Bertz CT molecular complexity index is 253. The van der Waals surface area contributed by atoms with Gasteiger partial charge in [-0.05, 0) is 44.4 Å². The van der Waals surface area contributed by atoms with E-state index in [2.05, 4.69) is 0 Å². The Balaban J connectivity index is 1.98. The van der Waals surface area contributed by atoms with Crippen LogP contribution in [0.1, 0.15) is 44.9 Å². The van der Waals surface area contributed by atoms with Gasteiger partial charge in [-0.15, -0.1) is 0 Å². The molecule has 0 bridgehead atoms. The molecule has 2 aliphatic carbocycles. The molecule has 0 aromatic rings. The normalized spacial score (nSPS) is 26.6. The predicted molar refractivity (Wildman–Crippen MR) is 50.5 cm³/mol. The van der Waals surface area contributed by atoms with Gasteiger partial charge in [0.1, 0.15) is 0 Å². The number of hydrogen-bond acceptors (Lipinski definition) is 1. The highest BCUT2D eigenvalue weighted by molar-refractivity contribution is 5.67. The number of fused-ring (bicyclic) bond motifs is 1. The molecule has 1 saturated carbocycles. The monoisotopic (exact) mass is 180 g/mol. The number of allylic oxidation sites excluding steroid dienone is 2. The van der Waals surface area contributed by atoms with Crippen molar-refractivity contribution in [1.29, 1.82) is 0 Å². The molecule has 0 aliphatic heterocycles. The van der Waals surface area contributed by atoms with Crippen molar-refractivity contribution in [3.05, 3.63) is 11.1 Å². The van der Waals surface area contributed by atoms with E-state index in [0.717, 1.165) is 12.3 Å². The maximum absolute atomic E-state index is 10.4. The third kappa shape index (κ3) is 1.77. The van der Waals surface area contributed by atoms with Crippen LogP contribution >= 0.6 is 0 Å². The van der Waals surface area contributed by atoms with Crippen LogP contribution in [-0.4, -0.2) is 11.1 Å². The molecule has 1 fully saturated rings. The van der Waals surface area contributed by atoms with Gasteiger partial charge in [0.2, 0.25) is 0 Å². The summed E-state index contributed by atoms with van der Waals surface area (Å²) in [7, 11) is 0. The summed E-state index contributed by atoms with van der Waals surface area (Å²) in [5.41, 5.74) is 3.10. The first-order valence-electron chi connectivity index (χ1n) is 5.20. The zero-order chi connectivity index (χ0) is 9.26. The molecule has 2 rings (SSSR count). The minimum absolute atomic E-state index is 0.325. The minimum Gasteiger partial charge on any atom is -0.481 e. The highest BCUT2D eigenvalue weighted by atomic mass is 16.4. The number of carbonyl (C=O) groups is 1. The van der Waals surface area contributed by atoms with Crippen molar-refractivity contribution in [2.75, 3.05) is 0 Å². The number of carboxylic acid groups (broad SMARTS) is 1. The third-order valence-corrected chi connectivity index (χ3v) is 3.38. The summed E-state index contributed by atoms with van der Waals surface area (Å²) in [5, 5.41) is 8.59. The van der Waals surface area contributed by atoms with E-state index in [9.17, 15) is 4.79 Å². The molecule has 72 valence electrons. The van der Waals surface area contributed by atoms with E-state index in [4.69, 9.17) is 5.11 Å². The van der Waals surface area contributed by atoms with Crippen LogP contribution in [0, 0.1) is 5.92 Å². The Labute approximate surface area is 78.6 Å². The van der Waals surface area contributed by atoms with Gasteiger partial charge in [0.25, 0.3) is 0 Å². The van der Waals surface area contributed by atoms with Crippen LogP contribution in [0.2, 0.25) is 0 Å². The summed E-state index contributed by atoms with van der Waals surface area (Å²) in [6.07, 6.45) is 7.53. The summed E-state index contributed by atoms with van der Waals surface area (Å²) < 4.78 is 0. The van der Waals surface area contributed by atoms with E-state index in [-0.39, 0.29) is 0 Å². The Morgan fingerprint density at radius 3 is 3.00 bits per heavy atom. The SMILES string of the molecule is O=C(O)CCC1=C2CCCC2CC1. The van der Waals surface area contributed by atoms with Gasteiger partial charge in [0.15, 0.2) is 0 Å². The lowest BCUT2D eigenvalue weighted by Crippen LogP contribution is -1.95. The van der Waals surface area contributed by atoms with Crippen molar-refractivity contribution in [2.45, 2.75) is 44.9 Å². The number of rotatable bonds is 3. The van der Waals surface area contributed by atoms with Gasteiger partial charge in [-0.1, -0.05) is 11.1 Å². The van der Waals surface area contributed by atoms with Gasteiger partial charge < -0.3 is 5.11 Å². The lowest BCUT2D eigenvalue weighted by atomic mass is 10.0. The molecule has 1 N–H and O–H groups in total. The van der Waals surface area contributed by atoms with Crippen LogP contribution in [0.15, 0.2) is 11.1 Å². The van der Waals surface area contributed by atoms with Gasteiger partial charge in [-0.2, -0.15) is 0 Å². The topological polar surface area (TPSA) is 37.3 Å². The summed E-state index contributed by atoms with van der Waals surface area (Å²) in [6.45, 7) is 0. The number of carboxylic acids is 1. The van der Waals surface area contributed by atoms with Crippen molar-refractivity contribution < 1.29 is 9.90 Å². The molecule has 0 aromatic carbocycles. The standard InChI is InChI=1S/C11H16O2/c12-11(13)7-6-9-5-4-8-2-1-3-10(8)9/h8H,1-7H2,(H,12,13). The Morgan fingerprint density at radius 2 is 2.23 bits per heavy atom. The molecule has 0 amide bonds. The van der Waals surface area contributed by atoms with Gasteiger partial charge in [0.05, 0.1) is 0 Å². The zero-order valence-corrected chi connectivity index (χ0v) is 7.88. The molecule has 2 aliphatic rings. The van der Waals surface area contributed by atoms with Crippen molar-refractivity contribution >= 4 is 5.97 Å². The van der Waals surface area contributed by atoms with E-state index in [1.807, 2.05) is 0 Å². The molecule has 2 nitrogen and oxygen atoms in total. The van der Waals surface area contributed by atoms with Gasteiger partial charge >= 0.3 is 5.97 Å². The Morgan fingerprint density at radius 1 is 1.38 bits per heavy atom. The average molecular weight is 180 g/mol. The number of aliphatic carboxylic acids is 1. The maximum atomic E-state index is 10.4. The van der Waals surface area contributed by atoms with Gasteiger partial charge in [0, 0.05) is 6.42 Å². The number of hydrogen-bond donors (Lipinski definition) is 1. The highest BCUT2D eigenvalue weighted by Gasteiger charge is 2.28. The summed E-state index contributed by atoms with van der Waals surface area (Å²) in [5.74, 6) is 0.179. The molecule has 1 unspecified atom stereocenters.